The lowest BCUT2D eigenvalue weighted by Gasteiger charge is -2.40. The minimum absolute atomic E-state index is 0.175. The van der Waals surface area contributed by atoms with Crippen molar-refractivity contribution in [2.24, 2.45) is 5.11 Å². The lowest BCUT2D eigenvalue weighted by Crippen LogP contribution is -2.51. The maximum absolute atomic E-state index is 12.4. The van der Waals surface area contributed by atoms with Gasteiger partial charge in [0.15, 0.2) is 0 Å². The topological polar surface area (TPSA) is 78.3 Å². The summed E-state index contributed by atoms with van der Waals surface area (Å²) in [7, 11) is 1.68. The molecule has 6 nitrogen and oxygen atoms in total. The van der Waals surface area contributed by atoms with Gasteiger partial charge in [-0.1, -0.05) is 49.3 Å². The van der Waals surface area contributed by atoms with E-state index in [9.17, 15) is 4.79 Å². The summed E-state index contributed by atoms with van der Waals surface area (Å²) in [5.41, 5.74) is 8.77. The van der Waals surface area contributed by atoms with Gasteiger partial charge >= 0.3 is 6.09 Å². The summed E-state index contributed by atoms with van der Waals surface area (Å²) >= 11 is 0. The van der Waals surface area contributed by atoms with Crippen molar-refractivity contribution in [3.8, 4) is 0 Å². The molecule has 0 spiro atoms. The number of ether oxygens (including phenoxy) is 1. The summed E-state index contributed by atoms with van der Waals surface area (Å²) in [6.07, 6.45) is -0.431. The highest BCUT2D eigenvalue weighted by atomic mass is 16.6. The summed E-state index contributed by atoms with van der Waals surface area (Å²) < 4.78 is 5.44. The number of hydrogen-bond donors (Lipinski definition) is 0. The van der Waals surface area contributed by atoms with Crippen molar-refractivity contribution in [3.63, 3.8) is 0 Å². The standard InChI is InChI=1S/C17H26N4O2/c1-16(2,3)23-15(22)21(6)14(12-19-20-18)17(4,5)13-10-8-7-9-11-13/h7-11,14H,12H2,1-6H3/t14-/m1/s1. The van der Waals surface area contributed by atoms with Crippen LogP contribution in [0.25, 0.3) is 10.4 Å². The van der Waals surface area contributed by atoms with Gasteiger partial charge < -0.3 is 9.64 Å². The summed E-state index contributed by atoms with van der Waals surface area (Å²) in [6, 6.07) is 9.54. The van der Waals surface area contributed by atoms with E-state index in [1.54, 1.807) is 7.05 Å². The van der Waals surface area contributed by atoms with Crippen molar-refractivity contribution in [2.75, 3.05) is 13.6 Å². The minimum atomic E-state index is -0.578. The van der Waals surface area contributed by atoms with Gasteiger partial charge in [0.05, 0.1) is 0 Å². The molecule has 0 heterocycles. The predicted octanol–water partition coefficient (Wildman–Crippen LogP) is 4.51. The molecule has 1 atom stereocenters. The molecule has 1 rings (SSSR count). The molecule has 1 aromatic rings. The van der Waals surface area contributed by atoms with Gasteiger partial charge in [0.1, 0.15) is 5.60 Å². The lowest BCUT2D eigenvalue weighted by molar-refractivity contribution is 0.0162. The Balaban J connectivity index is 3.13. The van der Waals surface area contributed by atoms with Gasteiger partial charge in [-0.3, -0.25) is 0 Å². The molecular formula is C17H26N4O2. The van der Waals surface area contributed by atoms with Crippen LogP contribution in [-0.2, 0) is 10.2 Å². The molecule has 0 saturated carbocycles. The molecule has 0 fully saturated rings. The van der Waals surface area contributed by atoms with E-state index in [2.05, 4.69) is 10.0 Å². The quantitative estimate of drug-likeness (QED) is 0.455. The third-order valence-corrected chi connectivity index (χ3v) is 3.82. The van der Waals surface area contributed by atoms with E-state index in [1.165, 1.54) is 4.90 Å². The number of benzene rings is 1. The van der Waals surface area contributed by atoms with Crippen molar-refractivity contribution < 1.29 is 9.53 Å². The van der Waals surface area contributed by atoms with E-state index in [4.69, 9.17) is 10.3 Å². The Kier molecular flexibility index (Phi) is 6.05. The zero-order valence-corrected chi connectivity index (χ0v) is 14.8. The Labute approximate surface area is 138 Å². The lowest BCUT2D eigenvalue weighted by atomic mass is 9.77. The summed E-state index contributed by atoms with van der Waals surface area (Å²) in [4.78, 5) is 16.8. The van der Waals surface area contributed by atoms with Crippen LogP contribution in [0.15, 0.2) is 35.4 Å². The van der Waals surface area contributed by atoms with Crippen molar-refractivity contribution >= 4 is 6.09 Å². The molecule has 0 radical (unpaired) electrons. The van der Waals surface area contributed by atoms with E-state index >= 15 is 0 Å². The van der Waals surface area contributed by atoms with E-state index in [1.807, 2.05) is 65.0 Å². The van der Waals surface area contributed by atoms with Crippen LogP contribution in [0, 0.1) is 0 Å². The number of likely N-dealkylation sites (N-methyl/N-ethyl adjacent to an activating group) is 1. The third-order valence-electron chi connectivity index (χ3n) is 3.82. The van der Waals surface area contributed by atoms with E-state index in [0.29, 0.717) is 0 Å². The molecule has 0 aliphatic rings. The third kappa shape index (κ3) is 5.18. The molecule has 0 N–H and O–H groups in total. The van der Waals surface area contributed by atoms with Crippen LogP contribution in [0.5, 0.6) is 0 Å². The van der Waals surface area contributed by atoms with Crippen molar-refractivity contribution in [3.05, 3.63) is 46.3 Å². The summed E-state index contributed by atoms with van der Waals surface area (Å²) in [6.45, 7) is 9.70. The number of carbonyl (C=O) groups excluding carboxylic acids is 1. The van der Waals surface area contributed by atoms with Gasteiger partial charge in [-0.2, -0.15) is 0 Å². The Bertz CT molecular complexity index is 572. The van der Waals surface area contributed by atoms with Gasteiger partial charge in [-0.25, -0.2) is 4.79 Å². The maximum Gasteiger partial charge on any atom is 0.410 e. The molecule has 0 aromatic heterocycles. The fourth-order valence-corrected chi connectivity index (χ4v) is 2.47. The molecular weight excluding hydrogens is 292 g/mol. The second-order valence-corrected chi connectivity index (χ2v) is 7.11. The van der Waals surface area contributed by atoms with E-state index in [-0.39, 0.29) is 12.6 Å². The molecule has 1 amide bonds. The number of nitrogens with zero attached hydrogens (tertiary/aromatic N) is 4. The summed E-state index contributed by atoms with van der Waals surface area (Å²) in [5, 5.41) is 3.69. The van der Waals surface area contributed by atoms with Crippen molar-refractivity contribution in [1.29, 1.82) is 0 Å². The van der Waals surface area contributed by atoms with E-state index in [0.717, 1.165) is 5.56 Å². The maximum atomic E-state index is 12.4. The highest BCUT2D eigenvalue weighted by molar-refractivity contribution is 5.68. The van der Waals surface area contributed by atoms with Crippen molar-refractivity contribution in [2.45, 2.75) is 51.7 Å². The smallest absolute Gasteiger partial charge is 0.410 e. The minimum Gasteiger partial charge on any atom is -0.444 e. The molecule has 0 aliphatic heterocycles. The molecule has 0 bridgehead atoms. The van der Waals surface area contributed by atoms with Crippen LogP contribution in [0.2, 0.25) is 0 Å². The SMILES string of the molecule is CN(C(=O)OC(C)(C)C)[C@H](CN=[N+]=[N-])C(C)(C)c1ccccc1. The fraction of sp³-hybridized carbons (Fsp3) is 0.588. The first-order valence-electron chi connectivity index (χ1n) is 7.62. The normalized spacial score (nSPS) is 13.0. The Morgan fingerprint density at radius 2 is 1.83 bits per heavy atom. The molecule has 0 aliphatic carbocycles. The first-order chi connectivity index (χ1) is 10.6. The largest absolute Gasteiger partial charge is 0.444 e. The van der Waals surface area contributed by atoms with Gasteiger partial charge in [-0.15, -0.1) is 0 Å². The zero-order valence-electron chi connectivity index (χ0n) is 14.8. The van der Waals surface area contributed by atoms with Crippen LogP contribution in [0.1, 0.15) is 40.2 Å². The average molecular weight is 318 g/mol. The highest BCUT2D eigenvalue weighted by Crippen LogP contribution is 2.31. The van der Waals surface area contributed by atoms with Gasteiger partial charge in [0, 0.05) is 30.0 Å². The highest BCUT2D eigenvalue weighted by Gasteiger charge is 2.37. The Morgan fingerprint density at radius 3 is 2.30 bits per heavy atom. The van der Waals surface area contributed by atoms with Crippen molar-refractivity contribution in [1.82, 2.24) is 4.90 Å². The average Bonchev–Trinajstić information content (AvgIpc) is 2.46. The molecule has 1 aromatic carbocycles. The molecule has 0 saturated heterocycles. The van der Waals surface area contributed by atoms with Gasteiger partial charge in [-0.05, 0) is 31.9 Å². The Morgan fingerprint density at radius 1 is 1.26 bits per heavy atom. The number of azide groups is 1. The zero-order chi connectivity index (χ0) is 17.7. The first-order valence-corrected chi connectivity index (χ1v) is 7.62. The van der Waals surface area contributed by atoms with Crippen LogP contribution in [0.4, 0.5) is 4.79 Å². The molecule has 6 heteroatoms. The van der Waals surface area contributed by atoms with Crippen LogP contribution >= 0.6 is 0 Å². The van der Waals surface area contributed by atoms with E-state index < -0.39 is 17.1 Å². The van der Waals surface area contributed by atoms with Gasteiger partial charge in [0.2, 0.25) is 0 Å². The fourth-order valence-electron chi connectivity index (χ4n) is 2.47. The second-order valence-electron chi connectivity index (χ2n) is 7.11. The Hall–Kier alpha value is -2.20. The summed E-state index contributed by atoms with van der Waals surface area (Å²) in [5.74, 6) is 0. The van der Waals surface area contributed by atoms with Gasteiger partial charge in [0.25, 0.3) is 0 Å². The molecule has 23 heavy (non-hydrogen) atoms. The first kappa shape index (κ1) is 18.8. The van der Waals surface area contributed by atoms with Crippen LogP contribution in [0.3, 0.4) is 0 Å². The second kappa shape index (κ2) is 7.38. The number of carbonyl (C=O) groups is 1. The number of hydrogen-bond acceptors (Lipinski definition) is 3. The van der Waals surface area contributed by atoms with Crippen LogP contribution < -0.4 is 0 Å². The number of rotatable bonds is 5. The molecule has 126 valence electrons. The monoisotopic (exact) mass is 318 g/mol. The van der Waals surface area contributed by atoms with Crippen LogP contribution in [-0.4, -0.2) is 36.2 Å². The molecule has 0 unspecified atom stereocenters. The predicted molar refractivity (Wildman–Crippen MR) is 91.3 cm³/mol. The number of amides is 1.